The predicted molar refractivity (Wildman–Crippen MR) is 330 cm³/mol. The molecule has 81 heavy (non-hydrogen) atoms. The van der Waals surface area contributed by atoms with Gasteiger partial charge in [-0.1, -0.05) is 249 Å². The molecule has 0 radical (unpaired) electrons. The lowest BCUT2D eigenvalue weighted by Gasteiger charge is -2.32. The molecule has 0 unspecified atom stereocenters. The molecule has 380 valence electrons. The molecule has 3 aliphatic rings. The molecule has 11 aromatic carbocycles. The second-order valence-corrected chi connectivity index (χ2v) is 21.2. The third-order valence-electron chi connectivity index (χ3n) is 16.8. The van der Waals surface area contributed by atoms with E-state index in [1.165, 1.54) is 61.2 Å². The molecule has 16 rings (SSSR count). The highest BCUT2D eigenvalue weighted by Crippen LogP contribution is 2.64. The Hall–Kier alpha value is -10.5. The molecule has 2 heterocycles. The van der Waals surface area contributed by atoms with Crippen molar-refractivity contribution in [3.8, 4) is 78.7 Å². The lowest BCUT2D eigenvalue weighted by Crippen LogP contribution is -2.26. The summed E-state index contributed by atoms with van der Waals surface area (Å²) >= 11 is 0. The first-order chi connectivity index (χ1) is 40.2. The van der Waals surface area contributed by atoms with E-state index in [4.69, 9.17) is 19.4 Å². The Kier molecular flexibility index (Phi) is 10.9. The molecular formula is C76H50N4O. The van der Waals surface area contributed by atoms with Crippen LogP contribution < -0.4 is 15.5 Å². The summed E-state index contributed by atoms with van der Waals surface area (Å²) < 4.78 is 7.21. The average Bonchev–Trinajstić information content (AvgIpc) is 2.81. The van der Waals surface area contributed by atoms with Crippen molar-refractivity contribution in [3.05, 3.63) is 311 Å². The lowest BCUT2D eigenvalue weighted by atomic mass is 9.70. The van der Waals surface area contributed by atoms with Crippen LogP contribution in [-0.2, 0) is 5.41 Å². The van der Waals surface area contributed by atoms with Gasteiger partial charge in [-0.15, -0.1) is 0 Å². The third-order valence-corrected chi connectivity index (χ3v) is 16.8. The number of hydrogen-bond donors (Lipinski definition) is 0. The maximum atomic E-state index is 7.21. The van der Waals surface area contributed by atoms with Crippen molar-refractivity contribution in [2.75, 3.05) is 4.90 Å². The Morgan fingerprint density at radius 1 is 0.358 bits per heavy atom. The van der Waals surface area contributed by atoms with E-state index in [9.17, 15) is 0 Å². The number of para-hydroxylation sites is 1. The van der Waals surface area contributed by atoms with Crippen LogP contribution in [0.5, 0.6) is 0 Å². The summed E-state index contributed by atoms with van der Waals surface area (Å²) in [6.45, 7) is 0. The molecule has 0 saturated heterocycles. The zero-order chi connectivity index (χ0) is 53.4. The quantitative estimate of drug-likeness (QED) is 0.144. The minimum absolute atomic E-state index is 0.472. The van der Waals surface area contributed by atoms with E-state index in [0.717, 1.165) is 84.9 Å². The third kappa shape index (κ3) is 7.43. The van der Waals surface area contributed by atoms with Gasteiger partial charge in [-0.25, -0.2) is 15.0 Å². The lowest BCUT2D eigenvalue weighted by molar-refractivity contribution is 0.569. The molecule has 1 spiro atoms. The highest BCUT2D eigenvalue weighted by Gasteiger charge is 2.52. The van der Waals surface area contributed by atoms with Gasteiger partial charge in [0.05, 0.1) is 11.1 Å². The fraction of sp³-hybridized carbons (Fsp3) is 0.0395. The molecule has 0 saturated carbocycles. The highest BCUT2D eigenvalue weighted by atomic mass is 16.3. The normalized spacial score (nSPS) is 13.3. The van der Waals surface area contributed by atoms with Crippen LogP contribution >= 0.6 is 0 Å². The van der Waals surface area contributed by atoms with Crippen LogP contribution in [0.3, 0.4) is 0 Å². The summed E-state index contributed by atoms with van der Waals surface area (Å²) in [6.07, 6.45) is 4.11. The van der Waals surface area contributed by atoms with Gasteiger partial charge in [0.2, 0.25) is 0 Å². The van der Waals surface area contributed by atoms with E-state index >= 15 is 0 Å². The summed E-state index contributed by atoms with van der Waals surface area (Å²) in [6, 6.07) is 98.3. The maximum absolute atomic E-state index is 7.21. The topological polar surface area (TPSA) is 55.1 Å². The number of anilines is 3. The van der Waals surface area contributed by atoms with Gasteiger partial charge in [0, 0.05) is 55.4 Å². The van der Waals surface area contributed by atoms with Crippen LogP contribution in [0.4, 0.5) is 17.1 Å². The molecule has 3 aliphatic carbocycles. The zero-order valence-corrected chi connectivity index (χ0v) is 44.2. The van der Waals surface area contributed by atoms with Crippen LogP contribution in [-0.4, -0.2) is 15.0 Å². The molecule has 0 aliphatic heterocycles. The van der Waals surface area contributed by atoms with Gasteiger partial charge in [-0.05, 0) is 104 Å². The van der Waals surface area contributed by atoms with Crippen molar-refractivity contribution < 1.29 is 4.42 Å². The number of aromatic nitrogens is 3. The SMILES string of the molecule is C1=c2c(oc3c(-c4ccc(-c5nc(-c6ccccc6)nc(-c6ccccc6)n5)cc4)cccc23)=C(c2cccc(N(c3ccc(-c4ccccc4)cc3)c3cccc4c3-c3ccccc3C43c4ccccc4-c4ccccc43)c2)CC1. The van der Waals surface area contributed by atoms with Gasteiger partial charge in [-0.3, -0.25) is 0 Å². The van der Waals surface area contributed by atoms with Crippen molar-refractivity contribution >= 4 is 39.7 Å². The van der Waals surface area contributed by atoms with Crippen molar-refractivity contribution in [1.29, 1.82) is 0 Å². The second-order valence-electron chi connectivity index (χ2n) is 21.2. The van der Waals surface area contributed by atoms with Gasteiger partial charge in [0.15, 0.2) is 17.5 Å². The Bertz CT molecular complexity index is 4640. The van der Waals surface area contributed by atoms with E-state index < -0.39 is 5.41 Å². The van der Waals surface area contributed by atoms with Crippen molar-refractivity contribution in [2.45, 2.75) is 18.3 Å². The number of fused-ring (bicyclic) bond motifs is 13. The number of rotatable bonds is 9. The molecule has 0 bridgehead atoms. The van der Waals surface area contributed by atoms with Crippen LogP contribution in [0.25, 0.3) is 101 Å². The molecule has 13 aromatic rings. The van der Waals surface area contributed by atoms with Gasteiger partial charge in [0.1, 0.15) is 11.0 Å². The first kappa shape index (κ1) is 46.6. The summed E-state index contributed by atoms with van der Waals surface area (Å²) in [4.78, 5) is 17.4. The van der Waals surface area contributed by atoms with Gasteiger partial charge in [-0.2, -0.15) is 0 Å². The second kappa shape index (κ2) is 18.9. The minimum atomic E-state index is -0.472. The molecule has 0 fully saturated rings. The number of nitrogens with zero attached hydrogens (tertiary/aromatic N) is 4. The highest BCUT2D eigenvalue weighted by molar-refractivity contribution is 6.01. The summed E-state index contributed by atoms with van der Waals surface area (Å²) in [5, 5.41) is 2.26. The van der Waals surface area contributed by atoms with E-state index in [2.05, 4.69) is 223 Å². The Morgan fingerprint density at radius 2 is 0.827 bits per heavy atom. The van der Waals surface area contributed by atoms with E-state index in [1.807, 2.05) is 60.7 Å². The van der Waals surface area contributed by atoms with Crippen LogP contribution in [0.15, 0.2) is 277 Å². The first-order valence-corrected chi connectivity index (χ1v) is 27.9. The fourth-order valence-corrected chi connectivity index (χ4v) is 13.3. The molecule has 0 atom stereocenters. The first-order valence-electron chi connectivity index (χ1n) is 27.9. The fourth-order valence-electron chi connectivity index (χ4n) is 13.3. The van der Waals surface area contributed by atoms with E-state index in [-0.39, 0.29) is 0 Å². The number of benzene rings is 11. The monoisotopic (exact) mass is 1030 g/mol. The smallest absolute Gasteiger partial charge is 0.164 e. The van der Waals surface area contributed by atoms with Crippen molar-refractivity contribution in [1.82, 2.24) is 15.0 Å². The Balaban J connectivity index is 0.829. The van der Waals surface area contributed by atoms with Crippen LogP contribution in [0, 0.1) is 0 Å². The average molecular weight is 1040 g/mol. The van der Waals surface area contributed by atoms with Crippen LogP contribution in [0.1, 0.15) is 40.7 Å². The Morgan fingerprint density at radius 3 is 1.47 bits per heavy atom. The van der Waals surface area contributed by atoms with Crippen molar-refractivity contribution in [2.24, 2.45) is 0 Å². The standard InChI is InChI=1S/C76H50N4O/c1-4-20-49(21-5-1)50-44-46-56(47-45-50)80(69-39-19-38-68-70(69)64-30-12-15-37-67(64)76(68)65-35-13-10-28-60(65)61-29-11-14-36-66(61)76)57-27-16-26-55(48-57)59-32-18-34-63-62-33-17-31-58(71(62)81-72(59)63)51-40-42-54(43-41-51)75-78-73(52-22-6-2-7-23-52)77-74(79-75)53-24-8-3-9-25-53/h1-17,19-31,33-48H,18,32H2. The number of furan rings is 1. The van der Waals surface area contributed by atoms with Gasteiger partial charge in [0.25, 0.3) is 0 Å². The van der Waals surface area contributed by atoms with Crippen LogP contribution in [0.2, 0.25) is 0 Å². The summed E-state index contributed by atoms with van der Waals surface area (Å²) in [5.41, 5.74) is 24.6. The molecule has 2 aromatic heterocycles. The van der Waals surface area contributed by atoms with E-state index in [1.54, 1.807) is 0 Å². The zero-order valence-electron chi connectivity index (χ0n) is 44.2. The van der Waals surface area contributed by atoms with E-state index in [0.29, 0.717) is 17.5 Å². The van der Waals surface area contributed by atoms with Crippen molar-refractivity contribution in [3.63, 3.8) is 0 Å². The molecule has 5 nitrogen and oxygen atoms in total. The summed E-state index contributed by atoms with van der Waals surface area (Å²) in [7, 11) is 0. The molecule has 0 N–H and O–H groups in total. The maximum Gasteiger partial charge on any atom is 0.164 e. The predicted octanol–water partition coefficient (Wildman–Crippen LogP) is 17.5. The Labute approximate surface area is 469 Å². The molecule has 0 amide bonds. The number of hydrogen-bond acceptors (Lipinski definition) is 5. The molecular weight excluding hydrogens is 985 g/mol. The minimum Gasteiger partial charge on any atom is -0.455 e. The summed E-state index contributed by atoms with van der Waals surface area (Å²) in [5.74, 6) is 1.90. The van der Waals surface area contributed by atoms with Gasteiger partial charge < -0.3 is 9.32 Å². The van der Waals surface area contributed by atoms with Gasteiger partial charge >= 0.3 is 0 Å². The molecule has 5 heteroatoms. The largest absolute Gasteiger partial charge is 0.455 e.